The van der Waals surface area contributed by atoms with Gasteiger partial charge in [-0.15, -0.1) is 0 Å². The lowest BCUT2D eigenvalue weighted by Crippen LogP contribution is -2.39. The van der Waals surface area contributed by atoms with Crippen LogP contribution in [0.1, 0.15) is 12.8 Å². The van der Waals surface area contributed by atoms with E-state index < -0.39 is 0 Å². The topological polar surface area (TPSA) is 29.3 Å². The molecule has 1 aliphatic heterocycles. The summed E-state index contributed by atoms with van der Waals surface area (Å²) in [4.78, 5) is 2.19. The van der Waals surface area contributed by atoms with Crippen molar-refractivity contribution in [2.75, 3.05) is 7.05 Å². The Balaban J connectivity index is 2.08. The van der Waals surface area contributed by atoms with E-state index in [4.69, 9.17) is 5.73 Å². The van der Waals surface area contributed by atoms with E-state index in [1.54, 1.807) is 0 Å². The van der Waals surface area contributed by atoms with Crippen LogP contribution in [-0.2, 0) is 0 Å². The van der Waals surface area contributed by atoms with Gasteiger partial charge in [0.1, 0.15) is 0 Å². The number of nitrogens with two attached hydrogens (primary N) is 1. The minimum atomic E-state index is 0.426. The molecule has 13 heavy (non-hydrogen) atoms. The average molecular weight is 176 g/mol. The lowest BCUT2D eigenvalue weighted by atomic mass is 9.78. The predicted molar refractivity (Wildman–Crippen MR) is 54.8 cm³/mol. The molecule has 1 heterocycles. The second-order valence-electron chi connectivity index (χ2n) is 3.86. The predicted octanol–water partition coefficient (Wildman–Crippen LogP) is 1.62. The summed E-state index contributed by atoms with van der Waals surface area (Å²) in [5, 5.41) is 0. The molecule has 2 heteroatoms. The standard InChI is InChI=1S/C11H16N2/c1-13-6-4-2-3-5-11(13)9-7-10(12)8-9/h2-6,9-10H,7-8,12H2,1H3. The van der Waals surface area contributed by atoms with Crippen LogP contribution >= 0.6 is 0 Å². The minimum absolute atomic E-state index is 0.426. The van der Waals surface area contributed by atoms with E-state index in [9.17, 15) is 0 Å². The van der Waals surface area contributed by atoms with Gasteiger partial charge in [0.15, 0.2) is 0 Å². The first-order chi connectivity index (χ1) is 6.27. The highest BCUT2D eigenvalue weighted by Crippen LogP contribution is 2.34. The van der Waals surface area contributed by atoms with Crippen LogP contribution in [0.4, 0.5) is 0 Å². The lowest BCUT2D eigenvalue weighted by molar-refractivity contribution is 0.267. The summed E-state index contributed by atoms with van der Waals surface area (Å²) in [7, 11) is 2.10. The fourth-order valence-electron chi connectivity index (χ4n) is 1.93. The molecule has 2 N–H and O–H groups in total. The van der Waals surface area contributed by atoms with Crippen molar-refractivity contribution in [3.63, 3.8) is 0 Å². The van der Waals surface area contributed by atoms with Crippen LogP contribution in [0.25, 0.3) is 0 Å². The number of rotatable bonds is 1. The van der Waals surface area contributed by atoms with Crippen LogP contribution in [-0.4, -0.2) is 18.0 Å². The zero-order chi connectivity index (χ0) is 9.26. The molecular formula is C11H16N2. The maximum absolute atomic E-state index is 5.78. The zero-order valence-electron chi connectivity index (χ0n) is 7.98. The van der Waals surface area contributed by atoms with E-state index >= 15 is 0 Å². The second kappa shape index (κ2) is 3.38. The Morgan fingerprint density at radius 3 is 2.77 bits per heavy atom. The van der Waals surface area contributed by atoms with Gasteiger partial charge in [0.2, 0.25) is 0 Å². The SMILES string of the molecule is CN1C=CC=CC=C1C1CC(N)C1. The third-order valence-corrected chi connectivity index (χ3v) is 2.80. The maximum atomic E-state index is 5.78. The van der Waals surface area contributed by atoms with E-state index in [1.807, 2.05) is 0 Å². The molecule has 0 radical (unpaired) electrons. The molecule has 1 fully saturated rings. The van der Waals surface area contributed by atoms with E-state index in [2.05, 4.69) is 42.5 Å². The van der Waals surface area contributed by atoms with Crippen molar-refractivity contribution in [3.8, 4) is 0 Å². The first-order valence-electron chi connectivity index (χ1n) is 4.81. The van der Waals surface area contributed by atoms with Crippen molar-refractivity contribution >= 4 is 0 Å². The van der Waals surface area contributed by atoms with Crippen molar-refractivity contribution in [2.24, 2.45) is 11.7 Å². The smallest absolute Gasteiger partial charge is 0.0203 e. The maximum Gasteiger partial charge on any atom is 0.0203 e. The highest BCUT2D eigenvalue weighted by Gasteiger charge is 2.30. The molecule has 70 valence electrons. The van der Waals surface area contributed by atoms with Crippen LogP contribution < -0.4 is 5.73 Å². The Hall–Kier alpha value is -1.02. The van der Waals surface area contributed by atoms with Gasteiger partial charge in [-0.1, -0.05) is 12.2 Å². The van der Waals surface area contributed by atoms with Crippen LogP contribution in [0, 0.1) is 5.92 Å². The molecule has 2 nitrogen and oxygen atoms in total. The molecule has 0 aromatic rings. The van der Waals surface area contributed by atoms with Crippen molar-refractivity contribution < 1.29 is 0 Å². The normalized spacial score (nSPS) is 32.5. The van der Waals surface area contributed by atoms with Gasteiger partial charge in [-0.25, -0.2) is 0 Å². The van der Waals surface area contributed by atoms with E-state index in [0.29, 0.717) is 12.0 Å². The van der Waals surface area contributed by atoms with Crippen LogP contribution in [0.2, 0.25) is 0 Å². The molecule has 0 atom stereocenters. The third-order valence-electron chi connectivity index (χ3n) is 2.80. The highest BCUT2D eigenvalue weighted by molar-refractivity contribution is 5.24. The summed E-state index contributed by atoms with van der Waals surface area (Å²) < 4.78 is 0. The van der Waals surface area contributed by atoms with Gasteiger partial charge in [-0.2, -0.15) is 0 Å². The number of hydrogen-bond donors (Lipinski definition) is 1. The molecule has 2 rings (SSSR count). The number of nitrogens with zero attached hydrogens (tertiary/aromatic N) is 1. The highest BCUT2D eigenvalue weighted by atomic mass is 15.1. The summed E-state index contributed by atoms with van der Waals surface area (Å²) in [6.45, 7) is 0. The Bertz CT molecular complexity index is 270. The molecule has 0 unspecified atom stereocenters. The summed E-state index contributed by atoms with van der Waals surface area (Å²) >= 11 is 0. The molecule has 0 aromatic carbocycles. The number of hydrogen-bond acceptors (Lipinski definition) is 2. The van der Waals surface area contributed by atoms with Gasteiger partial charge in [-0.05, 0) is 25.0 Å². The Labute approximate surface area is 79.4 Å². The molecule has 0 saturated heterocycles. The Kier molecular flexibility index (Phi) is 2.23. The molecule has 1 saturated carbocycles. The zero-order valence-corrected chi connectivity index (χ0v) is 7.98. The molecule has 2 aliphatic rings. The lowest BCUT2D eigenvalue weighted by Gasteiger charge is -2.37. The van der Waals surface area contributed by atoms with Gasteiger partial charge in [0.25, 0.3) is 0 Å². The van der Waals surface area contributed by atoms with Gasteiger partial charge < -0.3 is 10.6 Å². The summed E-state index contributed by atoms with van der Waals surface area (Å²) in [6.07, 6.45) is 12.8. The second-order valence-corrected chi connectivity index (χ2v) is 3.86. The Morgan fingerprint density at radius 1 is 1.31 bits per heavy atom. The largest absolute Gasteiger partial charge is 0.354 e. The van der Waals surface area contributed by atoms with E-state index in [0.717, 1.165) is 12.8 Å². The Morgan fingerprint density at radius 2 is 2.08 bits per heavy atom. The van der Waals surface area contributed by atoms with Crippen molar-refractivity contribution in [1.82, 2.24) is 4.90 Å². The molecule has 1 aliphatic carbocycles. The first-order valence-corrected chi connectivity index (χ1v) is 4.81. The molecular weight excluding hydrogens is 160 g/mol. The van der Waals surface area contributed by atoms with Crippen LogP contribution in [0.15, 0.2) is 36.2 Å². The van der Waals surface area contributed by atoms with Gasteiger partial charge in [0, 0.05) is 30.9 Å². The average Bonchev–Trinajstić information content (AvgIpc) is 2.25. The van der Waals surface area contributed by atoms with Crippen molar-refractivity contribution in [3.05, 3.63) is 36.2 Å². The summed E-state index contributed by atoms with van der Waals surface area (Å²) in [6, 6.07) is 0.426. The number of allylic oxidation sites excluding steroid dienone is 5. The van der Waals surface area contributed by atoms with Crippen LogP contribution in [0.3, 0.4) is 0 Å². The fraction of sp³-hybridized carbons (Fsp3) is 0.455. The third kappa shape index (κ3) is 1.68. The van der Waals surface area contributed by atoms with E-state index in [1.165, 1.54) is 5.70 Å². The molecule has 0 aromatic heterocycles. The van der Waals surface area contributed by atoms with Crippen molar-refractivity contribution in [1.29, 1.82) is 0 Å². The molecule has 0 bridgehead atoms. The molecule has 0 spiro atoms. The van der Waals surface area contributed by atoms with Gasteiger partial charge in [-0.3, -0.25) is 0 Å². The quantitative estimate of drug-likeness (QED) is 0.658. The van der Waals surface area contributed by atoms with Crippen LogP contribution in [0.5, 0.6) is 0 Å². The minimum Gasteiger partial charge on any atom is -0.354 e. The van der Waals surface area contributed by atoms with Gasteiger partial charge in [0.05, 0.1) is 0 Å². The van der Waals surface area contributed by atoms with Gasteiger partial charge >= 0.3 is 0 Å². The summed E-state index contributed by atoms with van der Waals surface area (Å²) in [5.41, 5.74) is 7.17. The first kappa shape index (κ1) is 8.57. The van der Waals surface area contributed by atoms with Crippen molar-refractivity contribution in [2.45, 2.75) is 18.9 Å². The van der Waals surface area contributed by atoms with E-state index in [-0.39, 0.29) is 0 Å². The molecule has 0 amide bonds. The summed E-state index contributed by atoms with van der Waals surface area (Å²) in [5.74, 6) is 0.674. The fourth-order valence-corrected chi connectivity index (χ4v) is 1.93. The monoisotopic (exact) mass is 176 g/mol.